The molecule has 1 aromatic heterocycles. The number of hydrogen-bond donors (Lipinski definition) is 1. The maximum Gasteiger partial charge on any atom is 0.308 e. The first-order valence-electron chi connectivity index (χ1n) is 6.77. The first kappa shape index (κ1) is 13.4. The number of carboxylic acids is 1. The van der Waals surface area contributed by atoms with Gasteiger partial charge in [-0.3, -0.25) is 9.59 Å². The Labute approximate surface area is 121 Å². The molecule has 0 aliphatic carbocycles. The maximum atomic E-state index is 12.4. The molecule has 2 heterocycles. The summed E-state index contributed by atoms with van der Waals surface area (Å²) in [6, 6.07) is 8.99. The molecular weight excluding hydrogens is 270 g/mol. The molecule has 0 unspecified atom stereocenters. The van der Waals surface area contributed by atoms with Gasteiger partial charge in [0.2, 0.25) is 0 Å². The number of carbonyl (C=O) groups is 2. The normalized spacial score (nSPS) is 17.9. The van der Waals surface area contributed by atoms with Crippen LogP contribution in [-0.4, -0.2) is 44.8 Å². The topological polar surface area (TPSA) is 75.4 Å². The molecule has 0 saturated carbocycles. The Bertz CT molecular complexity index is 667. The third kappa shape index (κ3) is 2.65. The highest BCUT2D eigenvalue weighted by molar-refractivity contribution is 5.95. The minimum atomic E-state index is -0.837. The second-order valence-corrected chi connectivity index (χ2v) is 5.08. The molecular formula is C15H15N3O3. The van der Waals surface area contributed by atoms with Crippen molar-refractivity contribution in [2.24, 2.45) is 5.92 Å². The summed E-state index contributed by atoms with van der Waals surface area (Å²) in [7, 11) is 0. The Balaban J connectivity index is 1.80. The molecule has 2 aromatic rings. The number of benzene rings is 1. The smallest absolute Gasteiger partial charge is 0.308 e. The SMILES string of the molecule is O=C(O)[C@@H]1CCN(C(=O)c2cccc(-n3cccn3)c2)C1. The molecule has 1 atom stereocenters. The van der Waals surface area contributed by atoms with E-state index in [0.717, 1.165) is 5.69 Å². The van der Waals surface area contributed by atoms with Gasteiger partial charge in [-0.2, -0.15) is 5.10 Å². The standard InChI is InChI=1S/C15H15N3O3/c19-14(17-8-5-12(10-17)15(20)21)11-3-1-4-13(9-11)18-7-2-6-16-18/h1-4,6-7,9,12H,5,8,10H2,(H,20,21)/t12-/m1/s1. The molecule has 6 nitrogen and oxygen atoms in total. The monoisotopic (exact) mass is 285 g/mol. The number of nitrogens with zero attached hydrogens (tertiary/aromatic N) is 3. The Morgan fingerprint density at radius 2 is 2.14 bits per heavy atom. The van der Waals surface area contributed by atoms with Crippen LogP contribution in [0.15, 0.2) is 42.7 Å². The molecule has 1 fully saturated rings. The van der Waals surface area contributed by atoms with Crippen LogP contribution >= 0.6 is 0 Å². The molecule has 0 bridgehead atoms. The van der Waals surface area contributed by atoms with E-state index in [2.05, 4.69) is 5.10 Å². The summed E-state index contributed by atoms with van der Waals surface area (Å²) in [6.07, 6.45) is 3.99. The van der Waals surface area contributed by atoms with E-state index in [0.29, 0.717) is 18.5 Å². The Hall–Kier alpha value is -2.63. The summed E-state index contributed by atoms with van der Waals surface area (Å²) in [5.74, 6) is -1.42. The van der Waals surface area contributed by atoms with Crippen molar-refractivity contribution in [2.45, 2.75) is 6.42 Å². The number of amides is 1. The van der Waals surface area contributed by atoms with Gasteiger partial charge < -0.3 is 10.0 Å². The average Bonchev–Trinajstić information content (AvgIpc) is 3.18. The summed E-state index contributed by atoms with van der Waals surface area (Å²) in [5, 5.41) is 13.1. The minimum Gasteiger partial charge on any atom is -0.481 e. The molecule has 0 radical (unpaired) electrons. The van der Waals surface area contributed by atoms with Crippen molar-refractivity contribution in [3.05, 3.63) is 48.3 Å². The Morgan fingerprint density at radius 1 is 1.29 bits per heavy atom. The van der Waals surface area contributed by atoms with Crippen molar-refractivity contribution in [3.8, 4) is 5.69 Å². The zero-order chi connectivity index (χ0) is 14.8. The van der Waals surface area contributed by atoms with E-state index in [1.807, 2.05) is 12.1 Å². The molecule has 1 aliphatic rings. The van der Waals surface area contributed by atoms with Crippen molar-refractivity contribution < 1.29 is 14.7 Å². The Kier molecular flexibility index (Phi) is 3.43. The molecule has 1 amide bonds. The van der Waals surface area contributed by atoms with Crippen LogP contribution in [0.25, 0.3) is 5.69 Å². The fourth-order valence-electron chi connectivity index (χ4n) is 2.53. The third-order valence-corrected chi connectivity index (χ3v) is 3.69. The molecule has 0 spiro atoms. The fraction of sp³-hybridized carbons (Fsp3) is 0.267. The number of hydrogen-bond acceptors (Lipinski definition) is 3. The summed E-state index contributed by atoms with van der Waals surface area (Å²) >= 11 is 0. The molecule has 3 rings (SSSR count). The van der Waals surface area contributed by atoms with Gasteiger partial charge >= 0.3 is 5.97 Å². The maximum absolute atomic E-state index is 12.4. The Morgan fingerprint density at radius 3 is 2.81 bits per heavy atom. The van der Waals surface area contributed by atoms with Crippen molar-refractivity contribution in [3.63, 3.8) is 0 Å². The first-order chi connectivity index (χ1) is 10.1. The minimum absolute atomic E-state index is 0.132. The van der Waals surface area contributed by atoms with Crippen LogP contribution in [0.5, 0.6) is 0 Å². The molecule has 108 valence electrons. The number of aromatic nitrogens is 2. The van der Waals surface area contributed by atoms with E-state index < -0.39 is 11.9 Å². The van der Waals surface area contributed by atoms with Crippen LogP contribution in [-0.2, 0) is 4.79 Å². The lowest BCUT2D eigenvalue weighted by Crippen LogP contribution is -2.30. The van der Waals surface area contributed by atoms with E-state index in [-0.39, 0.29) is 12.5 Å². The third-order valence-electron chi connectivity index (χ3n) is 3.69. The van der Waals surface area contributed by atoms with Gasteiger partial charge in [-0.15, -0.1) is 0 Å². The summed E-state index contributed by atoms with van der Waals surface area (Å²) < 4.78 is 1.68. The van der Waals surface area contributed by atoms with Gasteiger partial charge in [-0.25, -0.2) is 4.68 Å². The van der Waals surface area contributed by atoms with Crippen molar-refractivity contribution in [1.29, 1.82) is 0 Å². The van der Waals surface area contributed by atoms with Crippen LogP contribution in [0.1, 0.15) is 16.8 Å². The molecule has 1 aliphatic heterocycles. The molecule has 1 saturated heterocycles. The first-order valence-corrected chi connectivity index (χ1v) is 6.77. The predicted octanol–water partition coefficient (Wildman–Crippen LogP) is 1.42. The lowest BCUT2D eigenvalue weighted by Gasteiger charge is -2.16. The highest BCUT2D eigenvalue weighted by Crippen LogP contribution is 2.20. The number of aliphatic carboxylic acids is 1. The van der Waals surface area contributed by atoms with Gasteiger partial charge in [-0.1, -0.05) is 6.07 Å². The van der Waals surface area contributed by atoms with Crippen molar-refractivity contribution >= 4 is 11.9 Å². The van der Waals surface area contributed by atoms with Gasteiger partial charge in [0.05, 0.1) is 11.6 Å². The molecule has 1 N–H and O–H groups in total. The number of carboxylic acid groups (broad SMARTS) is 1. The van der Waals surface area contributed by atoms with Crippen LogP contribution < -0.4 is 0 Å². The van der Waals surface area contributed by atoms with Gasteiger partial charge in [0.15, 0.2) is 0 Å². The molecule has 6 heteroatoms. The van der Waals surface area contributed by atoms with Crippen LogP contribution in [0.3, 0.4) is 0 Å². The van der Waals surface area contributed by atoms with E-state index in [9.17, 15) is 9.59 Å². The second kappa shape index (κ2) is 5.40. The zero-order valence-corrected chi connectivity index (χ0v) is 11.3. The van der Waals surface area contributed by atoms with Gasteiger partial charge in [0.1, 0.15) is 0 Å². The summed E-state index contributed by atoms with van der Waals surface area (Å²) in [6.45, 7) is 0.766. The number of likely N-dealkylation sites (tertiary alicyclic amines) is 1. The van der Waals surface area contributed by atoms with E-state index in [4.69, 9.17) is 5.11 Å². The molecule has 21 heavy (non-hydrogen) atoms. The number of rotatable bonds is 3. The van der Waals surface area contributed by atoms with Crippen molar-refractivity contribution in [2.75, 3.05) is 13.1 Å². The quantitative estimate of drug-likeness (QED) is 0.925. The highest BCUT2D eigenvalue weighted by atomic mass is 16.4. The van der Waals surface area contributed by atoms with E-state index in [1.54, 1.807) is 40.2 Å². The van der Waals surface area contributed by atoms with Crippen LogP contribution in [0, 0.1) is 5.92 Å². The summed E-state index contributed by atoms with van der Waals surface area (Å²) in [5.41, 5.74) is 1.36. The molecule has 1 aromatic carbocycles. The van der Waals surface area contributed by atoms with E-state index >= 15 is 0 Å². The van der Waals surface area contributed by atoms with Crippen molar-refractivity contribution in [1.82, 2.24) is 14.7 Å². The number of carbonyl (C=O) groups excluding carboxylic acids is 1. The van der Waals surface area contributed by atoms with Crippen LogP contribution in [0.4, 0.5) is 0 Å². The van der Waals surface area contributed by atoms with Gasteiger partial charge in [0.25, 0.3) is 5.91 Å². The lowest BCUT2D eigenvalue weighted by molar-refractivity contribution is -0.141. The van der Waals surface area contributed by atoms with E-state index in [1.165, 1.54) is 0 Å². The predicted molar refractivity (Wildman–Crippen MR) is 75.2 cm³/mol. The summed E-state index contributed by atoms with van der Waals surface area (Å²) in [4.78, 5) is 25.0. The van der Waals surface area contributed by atoms with Gasteiger partial charge in [-0.05, 0) is 30.7 Å². The van der Waals surface area contributed by atoms with Gasteiger partial charge in [0, 0.05) is 31.0 Å². The average molecular weight is 285 g/mol. The zero-order valence-electron chi connectivity index (χ0n) is 11.3. The fourth-order valence-corrected chi connectivity index (χ4v) is 2.53. The second-order valence-electron chi connectivity index (χ2n) is 5.08. The largest absolute Gasteiger partial charge is 0.481 e. The lowest BCUT2D eigenvalue weighted by atomic mass is 10.1. The van der Waals surface area contributed by atoms with Crippen LogP contribution in [0.2, 0.25) is 0 Å². The highest BCUT2D eigenvalue weighted by Gasteiger charge is 2.31.